The van der Waals surface area contributed by atoms with Gasteiger partial charge in [-0.05, 0) is 50.5 Å². The van der Waals surface area contributed by atoms with E-state index in [1.807, 2.05) is 13.8 Å². The minimum atomic E-state index is -3.80. The summed E-state index contributed by atoms with van der Waals surface area (Å²) >= 11 is 12.7. The molecule has 2 aromatic carbocycles. The summed E-state index contributed by atoms with van der Waals surface area (Å²) in [5.41, 5.74) is 0.426. The number of carbonyl (C=O) groups is 2. The van der Waals surface area contributed by atoms with Crippen molar-refractivity contribution in [3.8, 4) is 0 Å². The third-order valence-electron chi connectivity index (χ3n) is 6.05. The Hall–Kier alpha value is -2.36. The number of carbonyl (C=O) groups excluding carboxylic acids is 2. The Morgan fingerprint density at radius 3 is 2.19 bits per heavy atom. The van der Waals surface area contributed by atoms with Crippen LogP contribution in [-0.2, 0) is 26.2 Å². The van der Waals surface area contributed by atoms with Crippen LogP contribution < -0.4 is 9.62 Å². The zero-order chi connectivity index (χ0) is 27.8. The highest BCUT2D eigenvalue weighted by molar-refractivity contribution is 7.92. The van der Waals surface area contributed by atoms with Crippen molar-refractivity contribution >= 4 is 50.7 Å². The van der Waals surface area contributed by atoms with Gasteiger partial charge in [0.05, 0.1) is 11.9 Å². The number of hydrogen-bond acceptors (Lipinski definition) is 4. The molecule has 0 saturated carbocycles. The molecule has 2 atom stereocenters. The lowest BCUT2D eigenvalue weighted by Gasteiger charge is -2.32. The first kappa shape index (κ1) is 30.9. The predicted octanol–water partition coefficient (Wildman–Crippen LogP) is 5.40. The van der Waals surface area contributed by atoms with Gasteiger partial charge in [-0.1, -0.05) is 55.2 Å². The van der Waals surface area contributed by atoms with Gasteiger partial charge in [-0.2, -0.15) is 0 Å². The first-order chi connectivity index (χ1) is 17.4. The molecule has 0 aliphatic heterocycles. The number of hydrogen-bond donors (Lipinski definition) is 1. The lowest BCUT2D eigenvalue weighted by atomic mass is 10.1. The molecule has 0 fully saturated rings. The molecular weight excluding hydrogens is 540 g/mol. The topological polar surface area (TPSA) is 86.8 Å². The van der Waals surface area contributed by atoms with Crippen molar-refractivity contribution in [2.45, 2.75) is 65.1 Å². The van der Waals surface area contributed by atoms with Crippen molar-refractivity contribution in [1.82, 2.24) is 10.2 Å². The van der Waals surface area contributed by atoms with Crippen molar-refractivity contribution < 1.29 is 22.4 Å². The molecule has 37 heavy (non-hydrogen) atoms. The van der Waals surface area contributed by atoms with E-state index < -0.39 is 21.9 Å². The Bertz CT molecular complexity index is 1180. The lowest BCUT2D eigenvalue weighted by molar-refractivity contribution is -0.141. The number of nitrogens with zero attached hydrogens (tertiary/aromatic N) is 2. The van der Waals surface area contributed by atoms with Crippen LogP contribution in [0.5, 0.6) is 0 Å². The number of amides is 2. The zero-order valence-electron chi connectivity index (χ0n) is 21.5. The molecule has 0 saturated heterocycles. The Morgan fingerprint density at radius 1 is 1.03 bits per heavy atom. The summed E-state index contributed by atoms with van der Waals surface area (Å²) in [6.45, 7) is 5.53. The molecule has 0 bridgehead atoms. The smallest absolute Gasteiger partial charge is 0.243 e. The number of para-hydroxylation sites is 1. The van der Waals surface area contributed by atoms with Crippen LogP contribution in [0.3, 0.4) is 0 Å². The van der Waals surface area contributed by atoms with Gasteiger partial charge in [-0.25, -0.2) is 12.8 Å². The average molecular weight is 575 g/mol. The monoisotopic (exact) mass is 573 g/mol. The fourth-order valence-corrected chi connectivity index (χ4v) is 5.33. The fraction of sp³-hybridized carbons (Fsp3) is 0.462. The van der Waals surface area contributed by atoms with Gasteiger partial charge in [0.25, 0.3) is 0 Å². The molecule has 0 aliphatic carbocycles. The summed E-state index contributed by atoms with van der Waals surface area (Å²) in [6.07, 6.45) is 2.09. The first-order valence-corrected chi connectivity index (χ1v) is 14.8. The Kier molecular flexibility index (Phi) is 11.7. The van der Waals surface area contributed by atoms with Gasteiger partial charge in [0.1, 0.15) is 11.9 Å². The minimum absolute atomic E-state index is 0.00682. The Morgan fingerprint density at radius 2 is 1.65 bits per heavy atom. The molecule has 0 unspecified atom stereocenters. The second-order valence-electron chi connectivity index (χ2n) is 8.85. The predicted molar refractivity (Wildman–Crippen MR) is 147 cm³/mol. The van der Waals surface area contributed by atoms with Crippen LogP contribution in [-0.4, -0.2) is 50.0 Å². The molecule has 0 spiro atoms. The van der Waals surface area contributed by atoms with Crippen LogP contribution in [0.4, 0.5) is 10.1 Å². The van der Waals surface area contributed by atoms with Crippen LogP contribution in [0, 0.1) is 5.82 Å². The van der Waals surface area contributed by atoms with E-state index in [9.17, 15) is 22.4 Å². The van der Waals surface area contributed by atoms with E-state index in [0.717, 1.165) is 17.0 Å². The van der Waals surface area contributed by atoms with Crippen molar-refractivity contribution in [3.63, 3.8) is 0 Å². The van der Waals surface area contributed by atoms with Gasteiger partial charge in [-0.15, -0.1) is 0 Å². The molecule has 2 rings (SSSR count). The number of sulfonamides is 1. The van der Waals surface area contributed by atoms with E-state index in [1.54, 1.807) is 31.2 Å². The quantitative estimate of drug-likeness (QED) is 0.347. The number of benzene rings is 2. The maximum Gasteiger partial charge on any atom is 0.243 e. The minimum Gasteiger partial charge on any atom is -0.352 e. The second kappa shape index (κ2) is 14.0. The van der Waals surface area contributed by atoms with Crippen molar-refractivity contribution in [2.24, 2.45) is 0 Å². The highest BCUT2D eigenvalue weighted by Crippen LogP contribution is 2.28. The molecule has 2 amide bonds. The normalized spacial score (nSPS) is 13.1. The molecule has 0 heterocycles. The largest absolute Gasteiger partial charge is 0.352 e. The van der Waals surface area contributed by atoms with E-state index in [-0.39, 0.29) is 49.5 Å². The molecule has 0 aliphatic rings. The molecule has 204 valence electrons. The van der Waals surface area contributed by atoms with Crippen LogP contribution in [0.15, 0.2) is 42.5 Å². The van der Waals surface area contributed by atoms with Gasteiger partial charge in [0.2, 0.25) is 21.8 Å². The molecule has 2 aromatic rings. The van der Waals surface area contributed by atoms with E-state index in [1.165, 1.54) is 23.1 Å². The van der Waals surface area contributed by atoms with Crippen LogP contribution in [0.1, 0.15) is 52.0 Å². The standard InChI is InChI=1S/C26H34Cl2FN3O4S/c1-5-18(3)30-26(34)23(6-2)31(17-19-20(27)11-9-12-21(19)28)25(33)15-10-16-32(37(4,35)36)24-14-8-7-13-22(24)29/h7-9,11-14,18,23H,5-6,10,15-17H2,1-4H3,(H,30,34)/t18-,23-/m1/s1. The van der Waals surface area contributed by atoms with Crippen molar-refractivity contribution in [1.29, 1.82) is 0 Å². The summed E-state index contributed by atoms with van der Waals surface area (Å²) < 4.78 is 40.0. The maximum atomic E-state index is 14.3. The van der Waals surface area contributed by atoms with E-state index in [0.29, 0.717) is 22.0 Å². The van der Waals surface area contributed by atoms with Crippen LogP contribution in [0.2, 0.25) is 10.0 Å². The molecular formula is C26H34Cl2FN3O4S. The number of nitrogens with one attached hydrogen (secondary N) is 1. The van der Waals surface area contributed by atoms with E-state index in [4.69, 9.17) is 23.2 Å². The van der Waals surface area contributed by atoms with Gasteiger partial charge in [0, 0.05) is 41.2 Å². The fourth-order valence-electron chi connectivity index (χ4n) is 3.85. The highest BCUT2D eigenvalue weighted by Gasteiger charge is 2.30. The summed E-state index contributed by atoms with van der Waals surface area (Å²) in [6, 6.07) is 9.70. The summed E-state index contributed by atoms with van der Waals surface area (Å²) in [5.74, 6) is -1.34. The molecule has 7 nitrogen and oxygen atoms in total. The summed E-state index contributed by atoms with van der Waals surface area (Å²) in [5, 5.41) is 3.66. The van der Waals surface area contributed by atoms with E-state index in [2.05, 4.69) is 5.32 Å². The number of halogens is 3. The second-order valence-corrected chi connectivity index (χ2v) is 11.6. The van der Waals surface area contributed by atoms with E-state index >= 15 is 0 Å². The van der Waals surface area contributed by atoms with Gasteiger partial charge in [-0.3, -0.25) is 13.9 Å². The number of anilines is 1. The number of rotatable bonds is 13. The molecule has 11 heteroatoms. The maximum absolute atomic E-state index is 14.3. The first-order valence-electron chi connectivity index (χ1n) is 12.2. The van der Waals surface area contributed by atoms with Crippen LogP contribution in [0.25, 0.3) is 0 Å². The Balaban J connectivity index is 2.29. The SMILES string of the molecule is CC[C@@H](C)NC(=O)[C@@H](CC)N(Cc1c(Cl)cccc1Cl)C(=O)CCCN(c1ccccc1F)S(C)(=O)=O. The average Bonchev–Trinajstić information content (AvgIpc) is 2.83. The van der Waals surface area contributed by atoms with Gasteiger partial charge < -0.3 is 10.2 Å². The highest BCUT2D eigenvalue weighted by atomic mass is 35.5. The summed E-state index contributed by atoms with van der Waals surface area (Å²) in [7, 11) is -3.80. The van der Waals surface area contributed by atoms with Crippen LogP contribution >= 0.6 is 23.2 Å². The third-order valence-corrected chi connectivity index (χ3v) is 7.94. The third kappa shape index (κ3) is 8.58. The van der Waals surface area contributed by atoms with Gasteiger partial charge in [0.15, 0.2) is 0 Å². The Labute approximate surface area is 229 Å². The van der Waals surface area contributed by atoms with Crippen molar-refractivity contribution in [3.05, 3.63) is 63.9 Å². The molecule has 0 aromatic heterocycles. The molecule has 0 radical (unpaired) electrons. The molecule has 1 N–H and O–H groups in total. The van der Waals surface area contributed by atoms with Crippen molar-refractivity contribution in [2.75, 3.05) is 17.1 Å². The lowest BCUT2D eigenvalue weighted by Crippen LogP contribution is -2.50. The summed E-state index contributed by atoms with van der Waals surface area (Å²) in [4.78, 5) is 28.0. The zero-order valence-corrected chi connectivity index (χ0v) is 23.8. The van der Waals surface area contributed by atoms with Gasteiger partial charge >= 0.3 is 0 Å².